The van der Waals surface area contributed by atoms with E-state index < -0.39 is 0 Å². The van der Waals surface area contributed by atoms with Crippen molar-refractivity contribution < 1.29 is 0 Å². The molecule has 0 nitrogen and oxygen atoms in total. The van der Waals surface area contributed by atoms with Gasteiger partial charge in [-0.2, -0.15) is 0 Å². The molecule has 1 rings (SSSR count). The molecule has 0 aromatic heterocycles. The van der Waals surface area contributed by atoms with Gasteiger partial charge in [0.05, 0.1) is 0 Å². The van der Waals surface area contributed by atoms with Crippen LogP contribution in [0.2, 0.25) is 0 Å². The van der Waals surface area contributed by atoms with Crippen LogP contribution in [0.1, 0.15) is 57.8 Å². The first-order chi connectivity index (χ1) is 6.50. The molecular weight excluding hydrogens is 156 g/mol. The summed E-state index contributed by atoms with van der Waals surface area (Å²) in [6.07, 6.45) is 21.5. The minimum absolute atomic E-state index is 1.23. The molecule has 74 valence electrons. The minimum atomic E-state index is 1.23. The van der Waals surface area contributed by atoms with Crippen molar-refractivity contribution in [1.29, 1.82) is 0 Å². The van der Waals surface area contributed by atoms with Crippen molar-refractivity contribution in [3.8, 4) is 0 Å². The Morgan fingerprint density at radius 2 is 0.769 bits per heavy atom. The molecular formula is C13H22. The highest BCUT2D eigenvalue weighted by molar-refractivity contribution is 4.88. The van der Waals surface area contributed by atoms with Crippen molar-refractivity contribution in [2.24, 2.45) is 0 Å². The molecule has 0 saturated heterocycles. The van der Waals surface area contributed by atoms with E-state index in [1.807, 2.05) is 0 Å². The molecule has 0 heteroatoms. The Morgan fingerprint density at radius 3 is 1.31 bits per heavy atom. The van der Waals surface area contributed by atoms with Crippen LogP contribution in [0.15, 0.2) is 24.3 Å². The van der Waals surface area contributed by atoms with E-state index in [-0.39, 0.29) is 0 Å². The van der Waals surface area contributed by atoms with Crippen molar-refractivity contribution in [3.63, 3.8) is 0 Å². The zero-order valence-electron chi connectivity index (χ0n) is 8.67. The van der Waals surface area contributed by atoms with Crippen LogP contribution in [0, 0.1) is 0 Å². The zero-order chi connectivity index (χ0) is 9.19. The standard InChI is InChI=1S/C13H22/c1-2-4-6-8-10-12-13-11-9-7-5-3-1/h1-2,7,9H,3-6,8,10-13H2/b2-1-,9-7?. The van der Waals surface area contributed by atoms with Crippen molar-refractivity contribution >= 4 is 0 Å². The lowest BCUT2D eigenvalue weighted by atomic mass is 10.1. The van der Waals surface area contributed by atoms with Gasteiger partial charge in [-0.05, 0) is 38.5 Å². The Morgan fingerprint density at radius 1 is 0.385 bits per heavy atom. The molecule has 0 bridgehead atoms. The summed E-state index contributed by atoms with van der Waals surface area (Å²) in [5.41, 5.74) is 0. The largest absolute Gasteiger partial charge is 0.0885 e. The van der Waals surface area contributed by atoms with Gasteiger partial charge in [-0.3, -0.25) is 0 Å². The maximum absolute atomic E-state index is 2.35. The van der Waals surface area contributed by atoms with Gasteiger partial charge in [0.25, 0.3) is 0 Å². The molecule has 0 fully saturated rings. The van der Waals surface area contributed by atoms with Crippen molar-refractivity contribution in [3.05, 3.63) is 24.3 Å². The Hall–Kier alpha value is -0.520. The van der Waals surface area contributed by atoms with Gasteiger partial charge in [0.2, 0.25) is 0 Å². The topological polar surface area (TPSA) is 0 Å². The van der Waals surface area contributed by atoms with Crippen LogP contribution in [0.3, 0.4) is 0 Å². The summed E-state index contributed by atoms with van der Waals surface area (Å²) in [5.74, 6) is 0. The third kappa shape index (κ3) is 6.62. The van der Waals surface area contributed by atoms with Crippen LogP contribution in [0.5, 0.6) is 0 Å². The predicted octanol–water partition coefficient (Wildman–Crippen LogP) is 4.62. The van der Waals surface area contributed by atoms with Gasteiger partial charge in [-0.1, -0.05) is 43.6 Å². The summed E-state index contributed by atoms with van der Waals surface area (Å²) in [4.78, 5) is 0. The molecule has 0 radical (unpaired) electrons. The highest BCUT2D eigenvalue weighted by atomic mass is 14.0. The molecule has 0 N–H and O–H groups in total. The van der Waals surface area contributed by atoms with E-state index in [9.17, 15) is 0 Å². The van der Waals surface area contributed by atoms with Crippen molar-refractivity contribution in [1.82, 2.24) is 0 Å². The average Bonchev–Trinajstić information content (AvgIpc) is 2.18. The summed E-state index contributed by atoms with van der Waals surface area (Å²) < 4.78 is 0. The molecule has 1 aliphatic carbocycles. The summed E-state index contributed by atoms with van der Waals surface area (Å²) in [6.45, 7) is 0. The van der Waals surface area contributed by atoms with E-state index in [4.69, 9.17) is 0 Å². The lowest BCUT2D eigenvalue weighted by Gasteiger charge is -1.97. The van der Waals surface area contributed by atoms with Crippen molar-refractivity contribution in [2.45, 2.75) is 57.8 Å². The number of rotatable bonds is 0. The SMILES string of the molecule is C1=CCCCCCCC/C=C\CC1. The lowest BCUT2D eigenvalue weighted by molar-refractivity contribution is 0.622. The highest BCUT2D eigenvalue weighted by Crippen LogP contribution is 2.09. The molecule has 0 heterocycles. The molecule has 1 aliphatic rings. The van der Waals surface area contributed by atoms with Crippen LogP contribution in [-0.2, 0) is 0 Å². The van der Waals surface area contributed by atoms with Crippen LogP contribution in [0.25, 0.3) is 0 Å². The van der Waals surface area contributed by atoms with Crippen LogP contribution in [-0.4, -0.2) is 0 Å². The maximum atomic E-state index is 2.35. The summed E-state index contributed by atoms with van der Waals surface area (Å²) in [6, 6.07) is 0. The molecule has 0 spiro atoms. The number of hydrogen-bond acceptors (Lipinski definition) is 0. The van der Waals surface area contributed by atoms with Gasteiger partial charge in [0.1, 0.15) is 0 Å². The zero-order valence-corrected chi connectivity index (χ0v) is 8.67. The van der Waals surface area contributed by atoms with E-state index in [2.05, 4.69) is 24.3 Å². The van der Waals surface area contributed by atoms with E-state index in [0.29, 0.717) is 0 Å². The first kappa shape index (κ1) is 10.6. The Balaban J connectivity index is 2.18. The van der Waals surface area contributed by atoms with Gasteiger partial charge in [0, 0.05) is 0 Å². The minimum Gasteiger partial charge on any atom is -0.0885 e. The quantitative estimate of drug-likeness (QED) is 0.475. The smallest absolute Gasteiger partial charge is 0.0316 e. The van der Waals surface area contributed by atoms with Crippen LogP contribution in [0.4, 0.5) is 0 Å². The fourth-order valence-corrected chi connectivity index (χ4v) is 1.72. The van der Waals surface area contributed by atoms with Crippen LogP contribution >= 0.6 is 0 Å². The predicted molar refractivity (Wildman–Crippen MR) is 59.8 cm³/mol. The third-order valence-corrected chi connectivity index (χ3v) is 2.57. The number of hydrogen-bond donors (Lipinski definition) is 0. The second-order valence-corrected chi connectivity index (χ2v) is 3.87. The highest BCUT2D eigenvalue weighted by Gasteiger charge is 1.89. The van der Waals surface area contributed by atoms with Crippen molar-refractivity contribution in [2.75, 3.05) is 0 Å². The summed E-state index contributed by atoms with van der Waals surface area (Å²) in [5, 5.41) is 0. The molecule has 0 saturated carbocycles. The maximum Gasteiger partial charge on any atom is -0.0316 e. The third-order valence-electron chi connectivity index (χ3n) is 2.57. The van der Waals surface area contributed by atoms with E-state index >= 15 is 0 Å². The fraction of sp³-hybridized carbons (Fsp3) is 0.692. The normalized spacial score (nSPS) is 24.0. The molecule has 0 aromatic rings. The second kappa shape index (κ2) is 8.10. The average molecular weight is 178 g/mol. The second-order valence-electron chi connectivity index (χ2n) is 3.87. The van der Waals surface area contributed by atoms with E-state index in [1.54, 1.807) is 0 Å². The first-order valence-electron chi connectivity index (χ1n) is 5.80. The lowest BCUT2D eigenvalue weighted by Crippen LogP contribution is -1.77. The van der Waals surface area contributed by atoms with E-state index in [0.717, 1.165) is 0 Å². The van der Waals surface area contributed by atoms with Gasteiger partial charge in [-0.15, -0.1) is 0 Å². The van der Waals surface area contributed by atoms with Crippen LogP contribution < -0.4 is 0 Å². The first-order valence-corrected chi connectivity index (χ1v) is 5.80. The molecule has 0 amide bonds. The molecule has 0 unspecified atom stereocenters. The van der Waals surface area contributed by atoms with Gasteiger partial charge in [0.15, 0.2) is 0 Å². The molecule has 13 heavy (non-hydrogen) atoms. The van der Waals surface area contributed by atoms with Gasteiger partial charge < -0.3 is 0 Å². The Kier molecular flexibility index (Phi) is 6.58. The van der Waals surface area contributed by atoms with Gasteiger partial charge >= 0.3 is 0 Å². The summed E-state index contributed by atoms with van der Waals surface area (Å²) in [7, 11) is 0. The number of allylic oxidation sites excluding steroid dienone is 4. The Labute approximate surface area is 82.7 Å². The molecule has 0 aromatic carbocycles. The van der Waals surface area contributed by atoms with Gasteiger partial charge in [-0.25, -0.2) is 0 Å². The van der Waals surface area contributed by atoms with E-state index in [1.165, 1.54) is 57.8 Å². The Bertz CT molecular complexity index is 135. The molecule has 0 aliphatic heterocycles. The summed E-state index contributed by atoms with van der Waals surface area (Å²) >= 11 is 0. The molecule has 0 atom stereocenters. The monoisotopic (exact) mass is 178 g/mol. The fourth-order valence-electron chi connectivity index (χ4n) is 1.72.